The number of carbonyl (C=O) groups is 1. The number of ketones is 1. The van der Waals surface area contributed by atoms with Crippen molar-refractivity contribution in [3.05, 3.63) is 87.7 Å². The lowest BCUT2D eigenvalue weighted by molar-refractivity contribution is -0.138. The summed E-state index contributed by atoms with van der Waals surface area (Å²) in [5, 5.41) is -1.28. The largest absolute Gasteiger partial charge is 0.416 e. The molecule has 198 valence electrons. The monoisotopic (exact) mass is 584 g/mol. The van der Waals surface area contributed by atoms with Gasteiger partial charge in [-0.2, -0.15) is 26.3 Å². The number of hydrogen-bond donors (Lipinski definition) is 0. The number of aromatic nitrogens is 1. The van der Waals surface area contributed by atoms with Gasteiger partial charge in [0.1, 0.15) is 4.90 Å². The van der Waals surface area contributed by atoms with Gasteiger partial charge < -0.3 is 0 Å². The number of pyridine rings is 1. The zero-order chi connectivity index (χ0) is 27.6. The second-order valence-corrected chi connectivity index (χ2v) is 10.4. The number of rotatable bonds is 8. The smallest absolute Gasteiger partial charge is 0.298 e. The quantitative estimate of drug-likeness (QED) is 0.272. The molecule has 0 aliphatic heterocycles. The molecule has 1 heterocycles. The maximum absolute atomic E-state index is 13.5. The fourth-order valence-corrected chi connectivity index (χ4v) is 5.51. The van der Waals surface area contributed by atoms with Gasteiger partial charge >= 0.3 is 12.4 Å². The third-order valence-electron chi connectivity index (χ3n) is 5.13. The highest BCUT2D eigenvalue weighted by Gasteiger charge is 2.36. The van der Waals surface area contributed by atoms with Gasteiger partial charge in [-0.3, -0.25) is 14.1 Å². The highest BCUT2D eigenvalue weighted by molar-refractivity contribution is 7.93. The van der Waals surface area contributed by atoms with E-state index in [9.17, 15) is 39.6 Å². The molecule has 0 atom stereocenters. The van der Waals surface area contributed by atoms with Gasteiger partial charge in [-0.25, -0.2) is 8.42 Å². The SMILES string of the molecule is O=C(CCc1ccncc1)CN(c1cc(C(F)(F)F)ccc1Cl)S(=O)(=O)c1ccc(C(F)(F)F)cc1Cl. The van der Waals surface area contributed by atoms with Crippen LogP contribution in [0.25, 0.3) is 0 Å². The van der Waals surface area contributed by atoms with Gasteiger partial charge in [0.15, 0.2) is 5.78 Å². The summed E-state index contributed by atoms with van der Waals surface area (Å²) in [4.78, 5) is 15.8. The van der Waals surface area contributed by atoms with Crippen molar-refractivity contribution in [1.82, 2.24) is 4.98 Å². The van der Waals surface area contributed by atoms with Crippen molar-refractivity contribution < 1.29 is 39.6 Å². The molecule has 0 radical (unpaired) electrons. The van der Waals surface area contributed by atoms with Gasteiger partial charge in [0.25, 0.3) is 10.0 Å². The van der Waals surface area contributed by atoms with Crippen LogP contribution in [0.2, 0.25) is 10.0 Å². The van der Waals surface area contributed by atoms with Crippen LogP contribution in [-0.4, -0.2) is 25.7 Å². The van der Waals surface area contributed by atoms with Crippen LogP contribution in [0.3, 0.4) is 0 Å². The standard InChI is InChI=1S/C23H16Cl2F6N2O3S/c24-18-5-2-16(23(29,30)31)12-20(18)33(13-17(34)4-1-14-7-9-32-10-8-14)37(35,36)21-6-3-15(11-19(21)25)22(26,27)28/h2-3,5-12H,1,4,13H2. The zero-order valence-corrected chi connectivity index (χ0v) is 20.8. The van der Waals surface area contributed by atoms with E-state index in [1.165, 1.54) is 12.4 Å². The van der Waals surface area contributed by atoms with Crippen LogP contribution in [0.1, 0.15) is 23.1 Å². The molecule has 0 amide bonds. The third kappa shape index (κ3) is 6.93. The first kappa shape index (κ1) is 28.7. The highest BCUT2D eigenvalue weighted by atomic mass is 35.5. The minimum Gasteiger partial charge on any atom is -0.298 e. The lowest BCUT2D eigenvalue weighted by atomic mass is 10.1. The summed E-state index contributed by atoms with van der Waals surface area (Å²) in [6.07, 6.45) is -6.79. The van der Waals surface area contributed by atoms with Crippen LogP contribution in [-0.2, 0) is 33.6 Å². The van der Waals surface area contributed by atoms with E-state index in [1.54, 1.807) is 12.1 Å². The Labute approximate surface area is 217 Å². The molecule has 5 nitrogen and oxygen atoms in total. The first-order chi connectivity index (χ1) is 17.1. The number of benzene rings is 2. The number of anilines is 1. The van der Waals surface area contributed by atoms with Gasteiger partial charge in [-0.1, -0.05) is 23.2 Å². The topological polar surface area (TPSA) is 67.3 Å². The maximum atomic E-state index is 13.5. The van der Waals surface area contributed by atoms with Crippen molar-refractivity contribution in [1.29, 1.82) is 0 Å². The summed E-state index contributed by atoms with van der Waals surface area (Å²) in [6.45, 7) is -0.953. The molecule has 2 aromatic carbocycles. The summed E-state index contributed by atoms with van der Waals surface area (Å²) in [6, 6.07) is 6.48. The summed E-state index contributed by atoms with van der Waals surface area (Å²) in [5.74, 6) is -0.697. The maximum Gasteiger partial charge on any atom is 0.416 e. The predicted molar refractivity (Wildman–Crippen MR) is 125 cm³/mol. The molecule has 0 aliphatic rings. The van der Waals surface area contributed by atoms with E-state index in [0.717, 1.165) is 6.07 Å². The number of sulfonamides is 1. The van der Waals surface area contributed by atoms with Crippen molar-refractivity contribution in [3.63, 3.8) is 0 Å². The third-order valence-corrected chi connectivity index (χ3v) is 7.69. The molecule has 14 heteroatoms. The van der Waals surface area contributed by atoms with E-state index in [1.807, 2.05) is 0 Å². The lowest BCUT2D eigenvalue weighted by Crippen LogP contribution is -2.36. The number of Topliss-reactive ketones (excluding diaryl/α,β-unsaturated/α-hetero) is 1. The Hall–Kier alpha value is -2.83. The molecular formula is C23H16Cl2F6N2O3S. The Morgan fingerprint density at radius 2 is 1.41 bits per heavy atom. The van der Waals surface area contributed by atoms with Crippen molar-refractivity contribution in [2.75, 3.05) is 10.8 Å². The van der Waals surface area contributed by atoms with Gasteiger partial charge in [0, 0.05) is 18.8 Å². The van der Waals surface area contributed by atoms with Crippen LogP contribution < -0.4 is 4.31 Å². The normalized spacial score (nSPS) is 12.4. The van der Waals surface area contributed by atoms with E-state index in [-0.39, 0.29) is 12.8 Å². The Kier molecular flexibility index (Phi) is 8.45. The number of alkyl halides is 6. The van der Waals surface area contributed by atoms with E-state index in [4.69, 9.17) is 23.2 Å². The Morgan fingerprint density at radius 3 is 1.97 bits per heavy atom. The minimum atomic E-state index is -4.96. The van der Waals surface area contributed by atoms with Crippen LogP contribution in [0.4, 0.5) is 32.0 Å². The molecule has 0 fully saturated rings. The fourth-order valence-electron chi connectivity index (χ4n) is 3.26. The number of halogens is 8. The second kappa shape index (κ2) is 10.9. The Morgan fingerprint density at radius 1 is 0.838 bits per heavy atom. The fraction of sp³-hybridized carbons (Fsp3) is 0.217. The van der Waals surface area contributed by atoms with Crippen LogP contribution >= 0.6 is 23.2 Å². The number of nitrogens with zero attached hydrogens (tertiary/aromatic N) is 2. The highest BCUT2D eigenvalue weighted by Crippen LogP contribution is 2.39. The molecule has 0 saturated heterocycles. The molecule has 1 aromatic heterocycles. The predicted octanol–water partition coefficient (Wildman–Crippen LogP) is 6.82. The van der Waals surface area contributed by atoms with Crippen molar-refractivity contribution in [2.24, 2.45) is 0 Å². The molecule has 0 aliphatic carbocycles. The summed E-state index contributed by atoms with van der Waals surface area (Å²) >= 11 is 11.9. The van der Waals surface area contributed by atoms with Gasteiger partial charge in [-0.05, 0) is 60.5 Å². The molecule has 37 heavy (non-hydrogen) atoms. The van der Waals surface area contributed by atoms with Crippen LogP contribution in [0.5, 0.6) is 0 Å². The van der Waals surface area contributed by atoms with Crippen molar-refractivity contribution in [2.45, 2.75) is 30.1 Å². The molecule has 0 saturated carbocycles. The number of carbonyl (C=O) groups excluding carboxylic acids is 1. The number of aryl methyl sites for hydroxylation is 1. The van der Waals surface area contributed by atoms with E-state index < -0.39 is 66.5 Å². The van der Waals surface area contributed by atoms with E-state index in [2.05, 4.69) is 4.98 Å². The zero-order valence-electron chi connectivity index (χ0n) is 18.4. The average molecular weight is 585 g/mol. The molecule has 0 bridgehead atoms. The summed E-state index contributed by atoms with van der Waals surface area (Å²) in [7, 11) is -4.96. The minimum absolute atomic E-state index is 0.173. The van der Waals surface area contributed by atoms with Gasteiger partial charge in [0.05, 0.1) is 33.4 Å². The molecule has 3 aromatic rings. The van der Waals surface area contributed by atoms with Gasteiger partial charge in [-0.15, -0.1) is 0 Å². The first-order valence-electron chi connectivity index (χ1n) is 10.3. The van der Waals surface area contributed by atoms with Gasteiger partial charge in [0.2, 0.25) is 0 Å². The summed E-state index contributed by atoms with van der Waals surface area (Å²) in [5.41, 5.74) is -2.49. The number of hydrogen-bond acceptors (Lipinski definition) is 4. The summed E-state index contributed by atoms with van der Waals surface area (Å²) < 4.78 is 107. The Bertz CT molecular complexity index is 1400. The van der Waals surface area contributed by atoms with Crippen LogP contribution in [0, 0.1) is 0 Å². The van der Waals surface area contributed by atoms with E-state index >= 15 is 0 Å². The first-order valence-corrected chi connectivity index (χ1v) is 12.5. The molecule has 0 unspecified atom stereocenters. The molecular weight excluding hydrogens is 569 g/mol. The molecule has 3 rings (SSSR count). The van der Waals surface area contributed by atoms with Crippen molar-refractivity contribution >= 4 is 44.7 Å². The van der Waals surface area contributed by atoms with Crippen molar-refractivity contribution in [3.8, 4) is 0 Å². The lowest BCUT2D eigenvalue weighted by Gasteiger charge is -2.26. The van der Waals surface area contributed by atoms with E-state index in [0.29, 0.717) is 40.2 Å². The second-order valence-electron chi connectivity index (χ2n) is 7.71. The molecule has 0 spiro atoms. The van der Waals surface area contributed by atoms with Crippen LogP contribution in [0.15, 0.2) is 65.8 Å². The Balaban J connectivity index is 2.07. The molecule has 0 N–H and O–H groups in total. The average Bonchev–Trinajstić information content (AvgIpc) is 2.80.